The molecule has 4 N–H and O–H groups in total. The molecular weight excluding hydrogens is 278 g/mol. The smallest absolute Gasteiger partial charge is 0.245 e. The van der Waals surface area contributed by atoms with Gasteiger partial charge in [-0.25, -0.2) is 8.42 Å². The molecule has 0 fully saturated rings. The zero-order valence-corrected chi connectivity index (χ0v) is 12.7. The Labute approximate surface area is 120 Å². The van der Waals surface area contributed by atoms with Crippen molar-refractivity contribution in [3.05, 3.63) is 24.3 Å². The van der Waals surface area contributed by atoms with Crippen LogP contribution in [-0.4, -0.2) is 37.0 Å². The lowest BCUT2D eigenvalue weighted by Gasteiger charge is -2.29. The van der Waals surface area contributed by atoms with E-state index in [1.165, 1.54) is 10.4 Å². The molecule has 0 atom stereocenters. The largest absolute Gasteiger partial charge is 0.395 e. The molecule has 0 unspecified atom stereocenters. The van der Waals surface area contributed by atoms with Crippen molar-refractivity contribution < 1.29 is 13.5 Å². The molecule has 0 saturated carbocycles. The van der Waals surface area contributed by atoms with Crippen LogP contribution < -0.4 is 11.3 Å². The van der Waals surface area contributed by atoms with Crippen molar-refractivity contribution >= 4 is 15.7 Å². The number of sulfonamides is 1. The van der Waals surface area contributed by atoms with Crippen molar-refractivity contribution in [2.75, 3.05) is 18.6 Å². The molecule has 0 aliphatic heterocycles. The van der Waals surface area contributed by atoms with Gasteiger partial charge < -0.3 is 10.5 Å². The zero-order chi connectivity index (χ0) is 15.2. The maximum Gasteiger partial charge on any atom is 0.245 e. The fraction of sp³-hybridized carbons (Fsp3) is 0.538. The standard InChI is InChI=1S/C13H23N3O3S/c1-3-11(4-2)16(9-10-17)20(18,19)13-8-6-5-7-12(13)15-14/h5-8,11,15,17H,3-4,9-10,14H2,1-2H3. The zero-order valence-electron chi connectivity index (χ0n) is 11.9. The summed E-state index contributed by atoms with van der Waals surface area (Å²) in [4.78, 5) is 0.128. The molecule has 0 amide bonds. The van der Waals surface area contributed by atoms with Gasteiger partial charge in [-0.15, -0.1) is 0 Å². The lowest BCUT2D eigenvalue weighted by molar-refractivity contribution is 0.219. The molecule has 1 rings (SSSR count). The van der Waals surface area contributed by atoms with E-state index in [1.807, 2.05) is 13.8 Å². The van der Waals surface area contributed by atoms with Crippen LogP contribution in [0.25, 0.3) is 0 Å². The topological polar surface area (TPSA) is 95.7 Å². The molecule has 0 saturated heterocycles. The summed E-state index contributed by atoms with van der Waals surface area (Å²) in [5.41, 5.74) is 2.75. The number of nitrogens with zero attached hydrogens (tertiary/aromatic N) is 1. The van der Waals surface area contributed by atoms with Gasteiger partial charge >= 0.3 is 0 Å². The van der Waals surface area contributed by atoms with Gasteiger partial charge in [0.05, 0.1) is 12.3 Å². The van der Waals surface area contributed by atoms with E-state index in [-0.39, 0.29) is 24.1 Å². The van der Waals surface area contributed by atoms with Gasteiger partial charge in [-0.05, 0) is 25.0 Å². The lowest BCUT2D eigenvalue weighted by atomic mass is 10.2. The van der Waals surface area contributed by atoms with Crippen molar-refractivity contribution in [2.45, 2.75) is 37.6 Å². The van der Waals surface area contributed by atoms with Crippen molar-refractivity contribution in [3.8, 4) is 0 Å². The molecule has 1 aromatic carbocycles. The molecule has 6 nitrogen and oxygen atoms in total. The second-order valence-electron chi connectivity index (χ2n) is 4.45. The highest BCUT2D eigenvalue weighted by Crippen LogP contribution is 2.26. The molecule has 0 aliphatic carbocycles. The first-order valence-corrected chi connectivity index (χ1v) is 8.15. The summed E-state index contributed by atoms with van der Waals surface area (Å²) in [7, 11) is -3.70. The van der Waals surface area contributed by atoms with E-state index in [1.54, 1.807) is 18.2 Å². The third kappa shape index (κ3) is 3.49. The number of nitrogens with two attached hydrogens (primary N) is 1. The van der Waals surface area contributed by atoms with E-state index < -0.39 is 10.0 Å². The number of hydrogen-bond donors (Lipinski definition) is 3. The summed E-state index contributed by atoms with van der Waals surface area (Å²) in [6.07, 6.45) is 1.38. The SMILES string of the molecule is CCC(CC)N(CCO)S(=O)(=O)c1ccccc1NN. The molecule has 7 heteroatoms. The van der Waals surface area contributed by atoms with Crippen LogP contribution in [0.15, 0.2) is 29.2 Å². The highest BCUT2D eigenvalue weighted by Gasteiger charge is 2.30. The molecule has 20 heavy (non-hydrogen) atoms. The number of nitrogen functional groups attached to an aromatic ring is 1. The van der Waals surface area contributed by atoms with Crippen LogP contribution in [-0.2, 0) is 10.0 Å². The Bertz CT molecular complexity index is 515. The second kappa shape index (κ2) is 7.58. The van der Waals surface area contributed by atoms with Gasteiger partial charge in [-0.2, -0.15) is 4.31 Å². The third-order valence-corrected chi connectivity index (χ3v) is 5.31. The van der Waals surface area contributed by atoms with Crippen LogP contribution in [0.4, 0.5) is 5.69 Å². The number of hydrogen-bond acceptors (Lipinski definition) is 5. The van der Waals surface area contributed by atoms with E-state index in [0.717, 1.165) is 0 Å². The van der Waals surface area contributed by atoms with Gasteiger partial charge in [0.15, 0.2) is 0 Å². The van der Waals surface area contributed by atoms with Gasteiger partial charge in [0, 0.05) is 12.6 Å². The van der Waals surface area contributed by atoms with E-state index in [2.05, 4.69) is 5.43 Å². The van der Waals surface area contributed by atoms with E-state index in [0.29, 0.717) is 18.5 Å². The van der Waals surface area contributed by atoms with Crippen molar-refractivity contribution in [3.63, 3.8) is 0 Å². The van der Waals surface area contributed by atoms with Crippen molar-refractivity contribution in [1.82, 2.24) is 4.31 Å². The third-order valence-electron chi connectivity index (χ3n) is 3.30. The minimum absolute atomic E-state index is 0.0770. The highest BCUT2D eigenvalue weighted by molar-refractivity contribution is 7.89. The van der Waals surface area contributed by atoms with Gasteiger partial charge in [-0.3, -0.25) is 5.84 Å². The summed E-state index contributed by atoms with van der Waals surface area (Å²) >= 11 is 0. The fourth-order valence-corrected chi connectivity index (χ4v) is 4.15. The van der Waals surface area contributed by atoms with Crippen LogP contribution in [0.3, 0.4) is 0 Å². The minimum atomic E-state index is -3.70. The van der Waals surface area contributed by atoms with Crippen molar-refractivity contribution in [1.29, 1.82) is 0 Å². The Morgan fingerprint density at radius 3 is 2.40 bits per heavy atom. The molecule has 0 heterocycles. The average Bonchev–Trinajstić information content (AvgIpc) is 2.47. The molecule has 0 aromatic heterocycles. The molecular formula is C13H23N3O3S. The number of aliphatic hydroxyl groups is 1. The number of anilines is 1. The number of hydrazine groups is 1. The van der Waals surface area contributed by atoms with Gasteiger partial charge in [-0.1, -0.05) is 26.0 Å². The van der Waals surface area contributed by atoms with Gasteiger partial charge in [0.1, 0.15) is 4.90 Å². The first kappa shape index (κ1) is 16.9. The average molecular weight is 301 g/mol. The Balaban J connectivity index is 3.29. The molecule has 0 bridgehead atoms. The molecule has 0 radical (unpaired) electrons. The fourth-order valence-electron chi connectivity index (χ4n) is 2.23. The Kier molecular flexibility index (Phi) is 6.41. The van der Waals surface area contributed by atoms with Crippen LogP contribution in [0.1, 0.15) is 26.7 Å². The van der Waals surface area contributed by atoms with Crippen LogP contribution >= 0.6 is 0 Å². The summed E-state index contributed by atoms with van der Waals surface area (Å²) < 4.78 is 26.9. The normalized spacial score (nSPS) is 12.1. The van der Waals surface area contributed by atoms with Crippen molar-refractivity contribution in [2.24, 2.45) is 5.84 Å². The second-order valence-corrected chi connectivity index (χ2v) is 6.31. The lowest BCUT2D eigenvalue weighted by Crippen LogP contribution is -2.41. The number of para-hydroxylation sites is 1. The molecule has 0 spiro atoms. The number of rotatable bonds is 8. The Morgan fingerprint density at radius 2 is 1.90 bits per heavy atom. The summed E-state index contributed by atoms with van der Waals surface area (Å²) in [5, 5.41) is 9.17. The Hall–Kier alpha value is -1.15. The van der Waals surface area contributed by atoms with E-state index >= 15 is 0 Å². The van der Waals surface area contributed by atoms with E-state index in [4.69, 9.17) is 10.9 Å². The molecule has 0 aliphatic rings. The summed E-state index contributed by atoms with van der Waals surface area (Å²) in [5.74, 6) is 5.38. The summed E-state index contributed by atoms with van der Waals surface area (Å²) in [6, 6.07) is 6.34. The monoisotopic (exact) mass is 301 g/mol. The van der Waals surface area contributed by atoms with Gasteiger partial charge in [0.2, 0.25) is 10.0 Å². The predicted octanol–water partition coefficient (Wildman–Crippen LogP) is 1.14. The Morgan fingerprint density at radius 1 is 1.30 bits per heavy atom. The minimum Gasteiger partial charge on any atom is -0.395 e. The highest BCUT2D eigenvalue weighted by atomic mass is 32.2. The van der Waals surface area contributed by atoms with Crippen LogP contribution in [0.5, 0.6) is 0 Å². The first-order valence-electron chi connectivity index (χ1n) is 6.71. The van der Waals surface area contributed by atoms with E-state index in [9.17, 15) is 8.42 Å². The van der Waals surface area contributed by atoms with Gasteiger partial charge in [0.25, 0.3) is 0 Å². The first-order chi connectivity index (χ1) is 9.52. The van der Waals surface area contributed by atoms with Crippen LogP contribution in [0, 0.1) is 0 Å². The maximum atomic E-state index is 12.8. The summed E-state index contributed by atoms with van der Waals surface area (Å²) in [6.45, 7) is 3.73. The molecule has 114 valence electrons. The predicted molar refractivity (Wildman–Crippen MR) is 79.6 cm³/mol. The number of nitrogens with one attached hydrogen (secondary N) is 1. The number of aliphatic hydroxyl groups excluding tert-OH is 1. The quantitative estimate of drug-likeness (QED) is 0.494. The molecule has 1 aromatic rings. The number of benzene rings is 1. The maximum absolute atomic E-state index is 12.8. The van der Waals surface area contributed by atoms with Crippen LogP contribution in [0.2, 0.25) is 0 Å².